The first-order chi connectivity index (χ1) is 10.2. The molecule has 2 saturated heterocycles. The molecule has 3 heterocycles. The Kier molecular flexibility index (Phi) is 4.34. The van der Waals surface area contributed by atoms with Crippen LogP contribution in [0.2, 0.25) is 0 Å². The number of aromatic nitrogens is 2. The predicted octanol–water partition coefficient (Wildman–Crippen LogP) is 1.19. The van der Waals surface area contributed by atoms with Gasteiger partial charge in [-0.1, -0.05) is 0 Å². The third-order valence-electron chi connectivity index (χ3n) is 4.18. The van der Waals surface area contributed by atoms with Crippen molar-refractivity contribution in [3.05, 3.63) is 18.1 Å². The van der Waals surface area contributed by atoms with Crippen LogP contribution in [0.25, 0.3) is 0 Å². The fourth-order valence-electron chi connectivity index (χ4n) is 2.93. The summed E-state index contributed by atoms with van der Waals surface area (Å²) in [6.45, 7) is 4.21. The molecule has 2 fully saturated rings. The van der Waals surface area contributed by atoms with Crippen LogP contribution in [0.3, 0.4) is 0 Å². The van der Waals surface area contributed by atoms with Crippen LogP contribution in [0.4, 0.5) is 5.82 Å². The molecule has 0 saturated carbocycles. The summed E-state index contributed by atoms with van der Waals surface area (Å²) in [4.78, 5) is 25.0. The van der Waals surface area contributed by atoms with Crippen molar-refractivity contribution in [2.45, 2.75) is 19.3 Å². The van der Waals surface area contributed by atoms with E-state index < -0.39 is 0 Å². The van der Waals surface area contributed by atoms with Crippen LogP contribution in [-0.4, -0.2) is 60.7 Å². The topological polar surface area (TPSA) is 58.6 Å². The number of nitrogens with zero attached hydrogens (tertiary/aromatic N) is 4. The molecule has 2 aliphatic heterocycles. The molecule has 0 aromatic carbocycles. The zero-order valence-electron chi connectivity index (χ0n) is 12.5. The van der Waals surface area contributed by atoms with E-state index in [1.807, 2.05) is 11.9 Å². The Hall–Kier alpha value is -1.69. The van der Waals surface area contributed by atoms with E-state index in [1.165, 1.54) is 0 Å². The van der Waals surface area contributed by atoms with E-state index in [4.69, 9.17) is 4.74 Å². The molecular weight excluding hydrogens is 268 g/mol. The van der Waals surface area contributed by atoms with Crippen molar-refractivity contribution in [1.29, 1.82) is 0 Å². The average molecular weight is 290 g/mol. The summed E-state index contributed by atoms with van der Waals surface area (Å²) in [5.74, 6) is 1.29. The van der Waals surface area contributed by atoms with Crippen molar-refractivity contribution in [3.63, 3.8) is 0 Å². The van der Waals surface area contributed by atoms with Crippen LogP contribution in [0.5, 0.6) is 0 Å². The number of rotatable bonds is 4. The summed E-state index contributed by atoms with van der Waals surface area (Å²) < 4.78 is 5.40. The number of ether oxygens (including phenoxy) is 1. The molecular formula is C15H22N4O2. The lowest BCUT2D eigenvalue weighted by molar-refractivity contribution is 0.0786. The summed E-state index contributed by atoms with van der Waals surface area (Å²) in [5.41, 5.74) is 0.448. The lowest BCUT2D eigenvalue weighted by Gasteiger charge is -2.22. The van der Waals surface area contributed by atoms with Crippen LogP contribution >= 0.6 is 0 Å². The van der Waals surface area contributed by atoms with Gasteiger partial charge in [-0.05, 0) is 19.3 Å². The molecule has 3 rings (SSSR count). The van der Waals surface area contributed by atoms with Gasteiger partial charge in [0, 0.05) is 39.2 Å². The Morgan fingerprint density at radius 3 is 2.95 bits per heavy atom. The standard InChI is InChI=1S/C15H22N4O2/c1-18(10-12-4-7-21-11-12)14-9-16-8-13(17-14)15(20)19-5-2-3-6-19/h8-9,12H,2-7,10-11H2,1H3. The summed E-state index contributed by atoms with van der Waals surface area (Å²) in [5, 5.41) is 0. The van der Waals surface area contributed by atoms with Crippen molar-refractivity contribution >= 4 is 11.7 Å². The second kappa shape index (κ2) is 6.39. The Bertz CT molecular complexity index is 496. The molecule has 1 amide bonds. The van der Waals surface area contributed by atoms with Crippen LogP contribution in [0, 0.1) is 5.92 Å². The molecule has 21 heavy (non-hydrogen) atoms. The maximum absolute atomic E-state index is 12.4. The van der Waals surface area contributed by atoms with Crippen molar-refractivity contribution in [2.24, 2.45) is 5.92 Å². The van der Waals surface area contributed by atoms with E-state index in [9.17, 15) is 4.79 Å². The highest BCUT2D eigenvalue weighted by Crippen LogP contribution is 2.18. The van der Waals surface area contributed by atoms with Crippen LogP contribution < -0.4 is 4.90 Å². The maximum atomic E-state index is 12.4. The molecule has 1 atom stereocenters. The normalized spacial score (nSPS) is 21.8. The molecule has 1 aromatic heterocycles. The summed E-state index contributed by atoms with van der Waals surface area (Å²) in [6, 6.07) is 0. The van der Waals surface area contributed by atoms with Crippen LogP contribution in [-0.2, 0) is 4.74 Å². The highest BCUT2D eigenvalue weighted by molar-refractivity contribution is 5.92. The van der Waals surface area contributed by atoms with Gasteiger partial charge in [0.2, 0.25) is 0 Å². The van der Waals surface area contributed by atoms with E-state index in [-0.39, 0.29) is 5.91 Å². The SMILES string of the molecule is CN(CC1CCOC1)c1cncc(C(=O)N2CCCC2)n1. The van der Waals surface area contributed by atoms with Gasteiger partial charge >= 0.3 is 0 Å². The average Bonchev–Trinajstić information content (AvgIpc) is 3.20. The largest absolute Gasteiger partial charge is 0.381 e. The predicted molar refractivity (Wildman–Crippen MR) is 79.4 cm³/mol. The van der Waals surface area contributed by atoms with Gasteiger partial charge in [-0.15, -0.1) is 0 Å². The molecule has 0 radical (unpaired) electrons. The van der Waals surface area contributed by atoms with Gasteiger partial charge < -0.3 is 14.5 Å². The lowest BCUT2D eigenvalue weighted by Crippen LogP contribution is -2.30. The van der Waals surface area contributed by atoms with Crippen molar-refractivity contribution in [2.75, 3.05) is 44.8 Å². The monoisotopic (exact) mass is 290 g/mol. The first-order valence-corrected chi connectivity index (χ1v) is 7.64. The minimum absolute atomic E-state index is 0.000510. The summed E-state index contributed by atoms with van der Waals surface area (Å²) in [6.07, 6.45) is 6.54. The molecule has 2 aliphatic rings. The molecule has 0 bridgehead atoms. The van der Waals surface area contributed by atoms with E-state index in [0.717, 1.165) is 57.9 Å². The molecule has 0 aliphatic carbocycles. The molecule has 1 unspecified atom stereocenters. The maximum Gasteiger partial charge on any atom is 0.274 e. The first kappa shape index (κ1) is 14.3. The van der Waals surface area contributed by atoms with E-state index in [0.29, 0.717) is 11.6 Å². The van der Waals surface area contributed by atoms with Crippen molar-refractivity contribution < 1.29 is 9.53 Å². The Morgan fingerprint density at radius 1 is 1.43 bits per heavy atom. The number of amides is 1. The summed E-state index contributed by atoms with van der Waals surface area (Å²) in [7, 11) is 1.99. The van der Waals surface area contributed by atoms with Gasteiger partial charge in [-0.25, -0.2) is 4.98 Å². The molecule has 6 heteroatoms. The molecule has 0 spiro atoms. The van der Waals surface area contributed by atoms with E-state index in [1.54, 1.807) is 12.4 Å². The molecule has 6 nitrogen and oxygen atoms in total. The van der Waals surface area contributed by atoms with Crippen LogP contribution in [0.1, 0.15) is 29.8 Å². The molecule has 1 aromatic rings. The fraction of sp³-hybridized carbons (Fsp3) is 0.667. The van der Waals surface area contributed by atoms with Gasteiger partial charge in [0.25, 0.3) is 5.91 Å². The molecule has 114 valence electrons. The van der Waals surface area contributed by atoms with Gasteiger partial charge in [-0.3, -0.25) is 9.78 Å². The van der Waals surface area contributed by atoms with Gasteiger partial charge in [-0.2, -0.15) is 0 Å². The van der Waals surface area contributed by atoms with Crippen molar-refractivity contribution in [1.82, 2.24) is 14.9 Å². The highest BCUT2D eigenvalue weighted by Gasteiger charge is 2.22. The fourth-order valence-corrected chi connectivity index (χ4v) is 2.93. The zero-order chi connectivity index (χ0) is 14.7. The minimum atomic E-state index is -0.000510. The summed E-state index contributed by atoms with van der Waals surface area (Å²) >= 11 is 0. The van der Waals surface area contributed by atoms with E-state index in [2.05, 4.69) is 14.9 Å². The second-order valence-corrected chi connectivity index (χ2v) is 5.87. The first-order valence-electron chi connectivity index (χ1n) is 7.64. The smallest absolute Gasteiger partial charge is 0.274 e. The van der Waals surface area contributed by atoms with Gasteiger partial charge in [0.15, 0.2) is 0 Å². The Morgan fingerprint density at radius 2 is 2.24 bits per heavy atom. The van der Waals surface area contributed by atoms with Crippen molar-refractivity contribution in [3.8, 4) is 0 Å². The highest BCUT2D eigenvalue weighted by atomic mass is 16.5. The quantitative estimate of drug-likeness (QED) is 0.833. The minimum Gasteiger partial charge on any atom is -0.381 e. The number of anilines is 1. The number of carbonyl (C=O) groups excluding carboxylic acids is 1. The van der Waals surface area contributed by atoms with Gasteiger partial charge in [0.1, 0.15) is 11.5 Å². The number of carbonyl (C=O) groups is 1. The Balaban J connectivity index is 1.68. The number of hydrogen-bond acceptors (Lipinski definition) is 5. The lowest BCUT2D eigenvalue weighted by atomic mass is 10.1. The zero-order valence-corrected chi connectivity index (χ0v) is 12.5. The Labute approximate surface area is 125 Å². The second-order valence-electron chi connectivity index (χ2n) is 5.87. The third-order valence-corrected chi connectivity index (χ3v) is 4.18. The van der Waals surface area contributed by atoms with Crippen LogP contribution in [0.15, 0.2) is 12.4 Å². The molecule has 0 N–H and O–H groups in total. The van der Waals surface area contributed by atoms with Gasteiger partial charge in [0.05, 0.1) is 19.0 Å². The third kappa shape index (κ3) is 3.32. The number of likely N-dealkylation sites (tertiary alicyclic amines) is 1. The number of hydrogen-bond donors (Lipinski definition) is 0. The van der Waals surface area contributed by atoms with E-state index >= 15 is 0 Å².